The Bertz CT molecular complexity index is 661. The highest BCUT2D eigenvalue weighted by molar-refractivity contribution is 5.18. The Hall–Kier alpha value is -1.83. The molecule has 1 unspecified atom stereocenters. The lowest BCUT2D eigenvalue weighted by Crippen LogP contribution is -2.32. The summed E-state index contributed by atoms with van der Waals surface area (Å²) in [5, 5.41) is 13.8. The molecule has 7 heteroatoms. The summed E-state index contributed by atoms with van der Waals surface area (Å²) in [6, 6.07) is 6.49. The van der Waals surface area contributed by atoms with Crippen LogP contribution in [-0.2, 0) is 24.3 Å². The number of ether oxygens (including phenoxy) is 1. The summed E-state index contributed by atoms with van der Waals surface area (Å²) < 4.78 is 23.3. The molecule has 0 spiro atoms. The fourth-order valence-corrected chi connectivity index (χ4v) is 3.26. The number of methoxy groups -OCH3 is 1. The van der Waals surface area contributed by atoms with E-state index in [0.29, 0.717) is 24.9 Å². The Morgan fingerprint density at radius 2 is 2.17 bits per heavy atom. The van der Waals surface area contributed by atoms with E-state index in [9.17, 15) is 9.50 Å². The lowest BCUT2D eigenvalue weighted by molar-refractivity contribution is 0.124. The summed E-state index contributed by atoms with van der Waals surface area (Å²) in [4.78, 5) is 6.48. The number of hydrogen-bond acceptors (Lipinski definition) is 6. The topological polar surface area (TPSA) is 71.6 Å². The average Bonchev–Trinajstić information content (AvgIpc) is 3.18. The van der Waals surface area contributed by atoms with Gasteiger partial charge < -0.3 is 14.4 Å². The molecule has 0 radical (unpaired) electrons. The molecule has 1 aromatic carbocycles. The molecule has 6 nitrogen and oxygen atoms in total. The molecule has 0 bridgehead atoms. The van der Waals surface area contributed by atoms with Crippen LogP contribution in [0.5, 0.6) is 0 Å². The largest absolute Gasteiger partial charge is 0.396 e. The van der Waals surface area contributed by atoms with Gasteiger partial charge in [0.15, 0.2) is 5.82 Å². The van der Waals surface area contributed by atoms with E-state index in [1.165, 1.54) is 12.1 Å². The highest BCUT2D eigenvalue weighted by atomic mass is 19.1. The van der Waals surface area contributed by atoms with Crippen molar-refractivity contribution in [2.45, 2.75) is 26.0 Å². The zero-order valence-corrected chi connectivity index (χ0v) is 13.7. The lowest BCUT2D eigenvalue weighted by atomic mass is 9.81. The molecule has 2 aromatic rings. The Morgan fingerprint density at radius 3 is 2.88 bits per heavy atom. The molecule has 3 rings (SSSR count). The number of aliphatic hydroxyl groups excluding tert-OH is 1. The second-order valence-electron chi connectivity index (χ2n) is 6.46. The Morgan fingerprint density at radius 1 is 1.38 bits per heavy atom. The summed E-state index contributed by atoms with van der Waals surface area (Å²) in [6.07, 6.45) is 1.60. The predicted octanol–water partition coefficient (Wildman–Crippen LogP) is 1.78. The maximum atomic E-state index is 13.0. The zero-order valence-electron chi connectivity index (χ0n) is 13.7. The fraction of sp³-hybridized carbons (Fsp3) is 0.529. The van der Waals surface area contributed by atoms with E-state index in [1.54, 1.807) is 19.2 Å². The SMILES string of the molecule is COCc1noc(CN2CCC(CO)(Cc3ccc(F)cc3)C2)n1. The summed E-state index contributed by atoms with van der Waals surface area (Å²) >= 11 is 0. The highest BCUT2D eigenvalue weighted by Crippen LogP contribution is 2.34. The van der Waals surface area contributed by atoms with Crippen LogP contribution in [0.3, 0.4) is 0 Å². The molecule has 1 saturated heterocycles. The molecule has 24 heavy (non-hydrogen) atoms. The van der Waals surface area contributed by atoms with Gasteiger partial charge in [-0.25, -0.2) is 4.39 Å². The molecule has 2 heterocycles. The van der Waals surface area contributed by atoms with E-state index in [1.807, 2.05) is 0 Å². The van der Waals surface area contributed by atoms with Crippen LogP contribution in [0, 0.1) is 11.2 Å². The van der Waals surface area contributed by atoms with Crippen molar-refractivity contribution in [1.29, 1.82) is 0 Å². The van der Waals surface area contributed by atoms with Crippen LogP contribution in [-0.4, -0.2) is 47.0 Å². The molecule has 0 saturated carbocycles. The van der Waals surface area contributed by atoms with Gasteiger partial charge in [-0.05, 0) is 37.1 Å². The molecule has 1 fully saturated rings. The minimum Gasteiger partial charge on any atom is -0.396 e. The first kappa shape index (κ1) is 17.0. The first-order chi connectivity index (χ1) is 11.6. The van der Waals surface area contributed by atoms with Gasteiger partial charge in [0.1, 0.15) is 12.4 Å². The van der Waals surface area contributed by atoms with E-state index in [2.05, 4.69) is 15.0 Å². The first-order valence-electron chi connectivity index (χ1n) is 8.00. The van der Waals surface area contributed by atoms with Gasteiger partial charge in [-0.2, -0.15) is 4.98 Å². The summed E-state index contributed by atoms with van der Waals surface area (Å²) in [6.45, 7) is 2.57. The molecular weight excluding hydrogens is 313 g/mol. The van der Waals surface area contributed by atoms with Gasteiger partial charge in [0.25, 0.3) is 0 Å². The molecular formula is C17H22FN3O3. The van der Waals surface area contributed by atoms with Crippen LogP contribution >= 0.6 is 0 Å². The van der Waals surface area contributed by atoms with Crippen LogP contribution in [0.25, 0.3) is 0 Å². The summed E-state index contributed by atoms with van der Waals surface area (Å²) in [5.41, 5.74) is 0.820. The van der Waals surface area contributed by atoms with E-state index in [0.717, 1.165) is 31.5 Å². The van der Waals surface area contributed by atoms with Crippen molar-refractivity contribution in [1.82, 2.24) is 15.0 Å². The second kappa shape index (κ2) is 7.38. The third kappa shape index (κ3) is 3.98. The normalized spacial score (nSPS) is 21.5. The van der Waals surface area contributed by atoms with Crippen molar-refractivity contribution < 1.29 is 18.8 Å². The molecule has 1 aliphatic rings. The standard InChI is InChI=1S/C17H22FN3O3/c1-23-10-15-19-16(24-20-15)9-21-7-6-17(11-21,12-22)8-13-2-4-14(18)5-3-13/h2-5,22H,6-12H2,1H3. The lowest BCUT2D eigenvalue weighted by Gasteiger charge is -2.27. The number of rotatable bonds is 7. The Labute approximate surface area is 140 Å². The molecule has 0 amide bonds. The monoisotopic (exact) mass is 335 g/mol. The van der Waals surface area contributed by atoms with Gasteiger partial charge in [0, 0.05) is 19.1 Å². The quantitative estimate of drug-likeness (QED) is 0.832. The number of nitrogens with zero attached hydrogens (tertiary/aromatic N) is 3. The van der Waals surface area contributed by atoms with Crippen molar-refractivity contribution >= 4 is 0 Å². The maximum absolute atomic E-state index is 13.0. The third-order valence-corrected chi connectivity index (χ3v) is 4.49. The minimum absolute atomic E-state index is 0.0969. The first-order valence-corrected chi connectivity index (χ1v) is 8.00. The number of aromatic nitrogens is 2. The second-order valence-corrected chi connectivity index (χ2v) is 6.46. The Balaban J connectivity index is 1.61. The van der Waals surface area contributed by atoms with Crippen molar-refractivity contribution in [2.75, 3.05) is 26.8 Å². The molecule has 1 N–H and O–H groups in total. The van der Waals surface area contributed by atoms with Gasteiger partial charge >= 0.3 is 0 Å². The van der Waals surface area contributed by atoms with Crippen LogP contribution in [0.2, 0.25) is 0 Å². The van der Waals surface area contributed by atoms with Crippen LogP contribution in [0.4, 0.5) is 4.39 Å². The summed E-state index contributed by atoms with van der Waals surface area (Å²) in [5.74, 6) is 0.845. The highest BCUT2D eigenvalue weighted by Gasteiger charge is 2.38. The van der Waals surface area contributed by atoms with Gasteiger partial charge in [0.2, 0.25) is 5.89 Å². The van der Waals surface area contributed by atoms with Crippen LogP contribution < -0.4 is 0 Å². The Kier molecular flexibility index (Phi) is 5.23. The zero-order chi connectivity index (χ0) is 17.0. The smallest absolute Gasteiger partial charge is 0.240 e. The molecule has 1 atom stereocenters. The number of halogens is 1. The van der Waals surface area contributed by atoms with E-state index in [4.69, 9.17) is 9.26 Å². The number of hydrogen-bond donors (Lipinski definition) is 1. The number of benzene rings is 1. The van der Waals surface area contributed by atoms with Crippen LogP contribution in [0.1, 0.15) is 23.7 Å². The fourth-order valence-electron chi connectivity index (χ4n) is 3.26. The molecule has 0 aliphatic carbocycles. The van der Waals surface area contributed by atoms with Crippen LogP contribution in [0.15, 0.2) is 28.8 Å². The molecule has 1 aromatic heterocycles. The predicted molar refractivity (Wildman–Crippen MR) is 84.5 cm³/mol. The van der Waals surface area contributed by atoms with Gasteiger partial charge in [-0.1, -0.05) is 17.3 Å². The molecule has 1 aliphatic heterocycles. The van der Waals surface area contributed by atoms with Gasteiger partial charge in [0.05, 0.1) is 13.2 Å². The van der Waals surface area contributed by atoms with Crippen molar-refractivity contribution in [3.63, 3.8) is 0 Å². The maximum Gasteiger partial charge on any atom is 0.240 e. The third-order valence-electron chi connectivity index (χ3n) is 4.49. The minimum atomic E-state index is -0.242. The number of aliphatic hydroxyl groups is 1. The van der Waals surface area contributed by atoms with Gasteiger partial charge in [-0.15, -0.1) is 0 Å². The van der Waals surface area contributed by atoms with Crippen molar-refractivity contribution in [3.8, 4) is 0 Å². The van der Waals surface area contributed by atoms with E-state index in [-0.39, 0.29) is 17.8 Å². The summed E-state index contributed by atoms with van der Waals surface area (Å²) in [7, 11) is 1.58. The molecule has 130 valence electrons. The van der Waals surface area contributed by atoms with Crippen molar-refractivity contribution in [2.24, 2.45) is 5.41 Å². The van der Waals surface area contributed by atoms with Gasteiger partial charge in [-0.3, -0.25) is 4.90 Å². The number of likely N-dealkylation sites (tertiary alicyclic amines) is 1. The van der Waals surface area contributed by atoms with Crippen molar-refractivity contribution in [3.05, 3.63) is 47.4 Å². The van der Waals surface area contributed by atoms with E-state index < -0.39 is 0 Å². The van der Waals surface area contributed by atoms with E-state index >= 15 is 0 Å². The average molecular weight is 335 g/mol.